The quantitative estimate of drug-likeness (QED) is 0.738. The number of nitrogens with one attached hydrogen (secondary N) is 1. The van der Waals surface area contributed by atoms with Crippen molar-refractivity contribution in [1.82, 2.24) is 5.32 Å². The third-order valence-corrected chi connectivity index (χ3v) is 1.94. The van der Waals surface area contributed by atoms with E-state index in [1.54, 1.807) is 6.92 Å². The molecule has 0 heterocycles. The summed E-state index contributed by atoms with van der Waals surface area (Å²) in [6.07, 6.45) is 1.20. The van der Waals surface area contributed by atoms with Gasteiger partial charge in [-0.3, -0.25) is 9.59 Å². The molecule has 0 radical (unpaired) electrons. The highest BCUT2D eigenvalue weighted by Gasteiger charge is 2.18. The molecule has 4 heteroatoms. The topological polar surface area (TPSA) is 66.4 Å². The largest absolute Gasteiger partial charge is 0.480 e. The fourth-order valence-corrected chi connectivity index (χ4v) is 1.16. The molecule has 0 spiro atoms. The zero-order valence-corrected chi connectivity index (χ0v) is 13.0. The van der Waals surface area contributed by atoms with Gasteiger partial charge in [-0.2, -0.15) is 0 Å². The van der Waals surface area contributed by atoms with E-state index in [9.17, 15) is 9.59 Å². The third-order valence-electron chi connectivity index (χ3n) is 1.94. The normalized spacial score (nSPS) is 10.7. The van der Waals surface area contributed by atoms with Crippen LogP contribution in [-0.2, 0) is 9.59 Å². The van der Waals surface area contributed by atoms with E-state index in [-0.39, 0.29) is 11.8 Å². The van der Waals surface area contributed by atoms with E-state index in [4.69, 9.17) is 5.11 Å². The maximum absolute atomic E-state index is 11.0. The van der Waals surface area contributed by atoms with Crippen LogP contribution in [0.15, 0.2) is 0 Å². The zero-order chi connectivity index (χ0) is 15.1. The van der Waals surface area contributed by atoms with Crippen LogP contribution in [0, 0.1) is 0 Å². The Kier molecular flexibility index (Phi) is 19.9. The lowest BCUT2D eigenvalue weighted by atomic mass is 10.1. The van der Waals surface area contributed by atoms with Gasteiger partial charge in [-0.1, -0.05) is 48.5 Å². The molecule has 0 rings (SSSR count). The van der Waals surface area contributed by atoms with Gasteiger partial charge in [0.05, 0.1) is 0 Å². The predicted octanol–water partition coefficient (Wildman–Crippen LogP) is 3.25. The van der Waals surface area contributed by atoms with Crippen LogP contribution < -0.4 is 5.32 Å². The molecule has 0 fully saturated rings. The molecule has 0 saturated carbocycles. The van der Waals surface area contributed by atoms with Crippen molar-refractivity contribution < 1.29 is 14.7 Å². The lowest BCUT2D eigenvalue weighted by Crippen LogP contribution is -2.41. The predicted molar refractivity (Wildman–Crippen MR) is 76.9 cm³/mol. The number of hydrogen-bond acceptors (Lipinski definition) is 3. The molecule has 0 bridgehead atoms. The molecule has 0 aliphatic carbocycles. The summed E-state index contributed by atoms with van der Waals surface area (Å²) in [4.78, 5) is 21.8. The van der Waals surface area contributed by atoms with E-state index in [1.165, 1.54) is 0 Å². The Labute approximate surface area is 112 Å². The highest BCUT2D eigenvalue weighted by molar-refractivity contribution is 5.79. The molecule has 1 atom stereocenters. The monoisotopic (exact) mass is 261 g/mol. The first-order valence-corrected chi connectivity index (χ1v) is 6.98. The SMILES string of the molecule is CC.CC.CCC(=O)CCC(NC(C)C)C(=O)O. The molecular formula is C14H31NO3. The molecule has 2 N–H and O–H groups in total. The van der Waals surface area contributed by atoms with E-state index in [1.807, 2.05) is 41.5 Å². The van der Waals surface area contributed by atoms with Crippen LogP contribution in [0.4, 0.5) is 0 Å². The minimum atomic E-state index is -0.886. The van der Waals surface area contributed by atoms with Crippen molar-refractivity contribution in [1.29, 1.82) is 0 Å². The smallest absolute Gasteiger partial charge is 0.320 e. The van der Waals surface area contributed by atoms with Crippen molar-refractivity contribution in [3.05, 3.63) is 0 Å². The molecule has 0 aromatic heterocycles. The molecule has 0 aromatic carbocycles. The van der Waals surface area contributed by atoms with Crippen molar-refractivity contribution in [2.75, 3.05) is 0 Å². The number of carbonyl (C=O) groups excluding carboxylic acids is 1. The number of rotatable bonds is 7. The number of ketones is 1. The molecule has 0 aromatic rings. The van der Waals surface area contributed by atoms with Gasteiger partial charge < -0.3 is 10.4 Å². The Balaban J connectivity index is -0.000000506. The van der Waals surface area contributed by atoms with Gasteiger partial charge in [0.15, 0.2) is 0 Å². The van der Waals surface area contributed by atoms with Crippen LogP contribution in [-0.4, -0.2) is 28.9 Å². The van der Waals surface area contributed by atoms with Gasteiger partial charge in [0, 0.05) is 18.9 Å². The van der Waals surface area contributed by atoms with Crippen LogP contribution in [0.2, 0.25) is 0 Å². The maximum atomic E-state index is 11.0. The first-order chi connectivity index (χ1) is 8.47. The second kappa shape index (κ2) is 16.1. The average molecular weight is 261 g/mol. The van der Waals surface area contributed by atoms with Crippen LogP contribution in [0.25, 0.3) is 0 Å². The lowest BCUT2D eigenvalue weighted by Gasteiger charge is -2.16. The summed E-state index contributed by atoms with van der Waals surface area (Å²) >= 11 is 0. The fourth-order valence-electron chi connectivity index (χ4n) is 1.16. The molecule has 110 valence electrons. The van der Waals surface area contributed by atoms with Gasteiger partial charge in [-0.15, -0.1) is 0 Å². The number of carbonyl (C=O) groups is 2. The molecule has 4 nitrogen and oxygen atoms in total. The first kappa shape index (κ1) is 22.3. The Bertz CT molecular complexity index is 203. The van der Waals surface area contributed by atoms with Gasteiger partial charge in [0.1, 0.15) is 11.8 Å². The van der Waals surface area contributed by atoms with Crippen LogP contribution in [0.3, 0.4) is 0 Å². The van der Waals surface area contributed by atoms with Gasteiger partial charge in [0.2, 0.25) is 0 Å². The highest BCUT2D eigenvalue weighted by Crippen LogP contribution is 2.02. The molecule has 0 aliphatic heterocycles. The molecule has 0 saturated heterocycles. The third kappa shape index (κ3) is 15.1. The summed E-state index contributed by atoms with van der Waals surface area (Å²) in [5, 5.41) is 11.7. The number of hydrogen-bond donors (Lipinski definition) is 2. The highest BCUT2D eigenvalue weighted by atomic mass is 16.4. The van der Waals surface area contributed by atoms with Crippen LogP contribution in [0.1, 0.15) is 67.7 Å². The second-order valence-electron chi connectivity index (χ2n) is 3.64. The van der Waals surface area contributed by atoms with E-state index in [0.29, 0.717) is 19.3 Å². The summed E-state index contributed by atoms with van der Waals surface area (Å²) in [7, 11) is 0. The summed E-state index contributed by atoms with van der Waals surface area (Å²) in [6.45, 7) is 13.6. The summed E-state index contributed by atoms with van der Waals surface area (Å²) < 4.78 is 0. The first-order valence-electron chi connectivity index (χ1n) is 6.98. The maximum Gasteiger partial charge on any atom is 0.320 e. The molecule has 18 heavy (non-hydrogen) atoms. The van der Waals surface area contributed by atoms with E-state index in [0.717, 1.165) is 0 Å². The Morgan fingerprint density at radius 3 is 1.83 bits per heavy atom. The van der Waals surface area contributed by atoms with Crippen molar-refractivity contribution in [2.24, 2.45) is 0 Å². The summed E-state index contributed by atoms with van der Waals surface area (Å²) in [5.41, 5.74) is 0. The minimum Gasteiger partial charge on any atom is -0.480 e. The van der Waals surface area contributed by atoms with E-state index in [2.05, 4.69) is 5.32 Å². The Morgan fingerprint density at radius 1 is 1.11 bits per heavy atom. The molecule has 0 amide bonds. The van der Waals surface area contributed by atoms with Crippen molar-refractivity contribution >= 4 is 11.8 Å². The van der Waals surface area contributed by atoms with Gasteiger partial charge in [-0.05, 0) is 6.42 Å². The second-order valence-corrected chi connectivity index (χ2v) is 3.64. The van der Waals surface area contributed by atoms with Crippen molar-refractivity contribution in [3.63, 3.8) is 0 Å². The van der Waals surface area contributed by atoms with E-state index < -0.39 is 12.0 Å². The van der Waals surface area contributed by atoms with Crippen molar-refractivity contribution in [2.45, 2.75) is 79.8 Å². The van der Waals surface area contributed by atoms with Gasteiger partial charge in [-0.25, -0.2) is 0 Å². The average Bonchev–Trinajstić information content (AvgIpc) is 2.38. The van der Waals surface area contributed by atoms with E-state index >= 15 is 0 Å². The van der Waals surface area contributed by atoms with Crippen LogP contribution in [0.5, 0.6) is 0 Å². The lowest BCUT2D eigenvalue weighted by molar-refractivity contribution is -0.139. The number of carboxylic acids is 1. The molecule has 0 aliphatic rings. The standard InChI is InChI=1S/C10H19NO3.2C2H6/c1-4-8(12)5-6-9(10(13)14)11-7(2)3;2*1-2/h7,9,11H,4-6H2,1-3H3,(H,13,14);2*1-2H3. The number of Topliss-reactive ketones (excluding diaryl/α,β-unsaturated/α-hetero) is 1. The zero-order valence-electron chi connectivity index (χ0n) is 13.0. The summed E-state index contributed by atoms with van der Waals surface area (Å²) in [5.74, 6) is -0.774. The molecule has 1 unspecified atom stereocenters. The minimum absolute atomic E-state index is 0.113. The summed E-state index contributed by atoms with van der Waals surface area (Å²) in [6, 6.07) is -0.488. The van der Waals surface area contributed by atoms with Crippen LogP contribution >= 0.6 is 0 Å². The van der Waals surface area contributed by atoms with Crippen molar-refractivity contribution in [3.8, 4) is 0 Å². The van der Waals surface area contributed by atoms with Gasteiger partial charge in [0.25, 0.3) is 0 Å². The number of carboxylic acid groups (broad SMARTS) is 1. The Morgan fingerprint density at radius 2 is 1.56 bits per heavy atom. The van der Waals surface area contributed by atoms with Gasteiger partial charge >= 0.3 is 5.97 Å². The fraction of sp³-hybridized carbons (Fsp3) is 0.857. The molecular weight excluding hydrogens is 230 g/mol. The Hall–Kier alpha value is -0.900. The number of aliphatic carboxylic acids is 1.